The highest BCUT2D eigenvalue weighted by Crippen LogP contribution is 2.22. The van der Waals surface area contributed by atoms with E-state index in [1.165, 1.54) is 5.56 Å². The van der Waals surface area contributed by atoms with Crippen LogP contribution in [-0.2, 0) is 13.0 Å². The van der Waals surface area contributed by atoms with Gasteiger partial charge >= 0.3 is 0 Å². The van der Waals surface area contributed by atoms with Gasteiger partial charge in [-0.25, -0.2) is 0 Å². The molecule has 0 atom stereocenters. The SMILES string of the molecule is CCC(CC)c1cc(CNC(=NC)NCCCc2c(C)noc2C)on1.I. The van der Waals surface area contributed by atoms with Gasteiger partial charge in [-0.3, -0.25) is 4.99 Å². The van der Waals surface area contributed by atoms with Crippen LogP contribution in [0.25, 0.3) is 0 Å². The number of rotatable bonds is 9. The number of hydrogen-bond acceptors (Lipinski definition) is 5. The normalized spacial score (nSPS) is 11.6. The fourth-order valence-corrected chi connectivity index (χ4v) is 3.03. The number of aryl methyl sites for hydroxylation is 2. The summed E-state index contributed by atoms with van der Waals surface area (Å²) in [6, 6.07) is 2.04. The monoisotopic (exact) mass is 489 g/mol. The maximum atomic E-state index is 5.43. The molecule has 2 N–H and O–H groups in total. The van der Waals surface area contributed by atoms with E-state index in [1.54, 1.807) is 7.05 Å². The van der Waals surface area contributed by atoms with Crippen LogP contribution in [0.5, 0.6) is 0 Å². The highest BCUT2D eigenvalue weighted by Gasteiger charge is 2.13. The number of guanidine groups is 1. The Morgan fingerprint density at radius 3 is 2.48 bits per heavy atom. The van der Waals surface area contributed by atoms with Crippen LogP contribution in [0.2, 0.25) is 0 Å². The van der Waals surface area contributed by atoms with Crippen molar-refractivity contribution in [2.24, 2.45) is 4.99 Å². The van der Waals surface area contributed by atoms with Crippen LogP contribution in [-0.4, -0.2) is 29.9 Å². The lowest BCUT2D eigenvalue weighted by Crippen LogP contribution is -2.37. The Kier molecular flexibility index (Phi) is 10.4. The quantitative estimate of drug-likeness (QED) is 0.239. The van der Waals surface area contributed by atoms with E-state index in [9.17, 15) is 0 Å². The van der Waals surface area contributed by atoms with Crippen molar-refractivity contribution < 1.29 is 9.05 Å². The van der Waals surface area contributed by atoms with Crippen molar-refractivity contribution in [1.29, 1.82) is 0 Å². The van der Waals surface area contributed by atoms with Crippen LogP contribution in [0.15, 0.2) is 20.1 Å². The second-order valence-electron chi connectivity index (χ2n) is 6.49. The summed E-state index contributed by atoms with van der Waals surface area (Å²) in [5.41, 5.74) is 3.21. The van der Waals surface area contributed by atoms with Gasteiger partial charge < -0.3 is 19.7 Å². The number of aromatic nitrogens is 2. The zero-order valence-electron chi connectivity index (χ0n) is 17.0. The third-order valence-electron chi connectivity index (χ3n) is 4.71. The third-order valence-corrected chi connectivity index (χ3v) is 4.71. The van der Waals surface area contributed by atoms with Crippen molar-refractivity contribution in [2.75, 3.05) is 13.6 Å². The van der Waals surface area contributed by atoms with E-state index in [0.717, 1.165) is 61.1 Å². The number of halogens is 1. The summed E-state index contributed by atoms with van der Waals surface area (Å²) in [4.78, 5) is 4.25. The minimum Gasteiger partial charge on any atom is -0.361 e. The molecule has 152 valence electrons. The van der Waals surface area contributed by atoms with Crippen LogP contribution in [0.4, 0.5) is 0 Å². The van der Waals surface area contributed by atoms with Gasteiger partial charge in [0.25, 0.3) is 0 Å². The van der Waals surface area contributed by atoms with Gasteiger partial charge in [-0.15, -0.1) is 24.0 Å². The molecule has 0 unspecified atom stereocenters. The van der Waals surface area contributed by atoms with E-state index in [-0.39, 0.29) is 24.0 Å². The lowest BCUT2D eigenvalue weighted by molar-refractivity contribution is 0.368. The summed E-state index contributed by atoms with van der Waals surface area (Å²) < 4.78 is 10.6. The fourth-order valence-electron chi connectivity index (χ4n) is 3.03. The molecule has 8 heteroatoms. The predicted octanol–water partition coefficient (Wildman–Crippen LogP) is 4.10. The Bertz CT molecular complexity index is 687. The Morgan fingerprint density at radius 1 is 1.15 bits per heavy atom. The molecule has 2 aromatic heterocycles. The molecule has 0 aliphatic heterocycles. The molecule has 0 spiro atoms. The minimum absolute atomic E-state index is 0. The summed E-state index contributed by atoms with van der Waals surface area (Å²) in [7, 11) is 1.76. The van der Waals surface area contributed by atoms with Crippen LogP contribution in [0.1, 0.15) is 67.5 Å². The Balaban J connectivity index is 0.00000364. The zero-order valence-corrected chi connectivity index (χ0v) is 19.3. The van der Waals surface area contributed by atoms with Crippen molar-refractivity contribution in [3.63, 3.8) is 0 Å². The molecule has 0 radical (unpaired) electrons. The van der Waals surface area contributed by atoms with Crippen molar-refractivity contribution in [3.8, 4) is 0 Å². The van der Waals surface area contributed by atoms with E-state index in [2.05, 4.69) is 39.8 Å². The van der Waals surface area contributed by atoms with Gasteiger partial charge in [0.15, 0.2) is 11.7 Å². The number of hydrogen-bond donors (Lipinski definition) is 2. The van der Waals surface area contributed by atoms with E-state index in [0.29, 0.717) is 12.5 Å². The number of nitrogens with zero attached hydrogens (tertiary/aromatic N) is 3. The molecular weight excluding hydrogens is 457 g/mol. The van der Waals surface area contributed by atoms with Gasteiger partial charge in [0.1, 0.15) is 5.76 Å². The maximum Gasteiger partial charge on any atom is 0.191 e. The standard InChI is InChI=1S/C19H31N5O2.HI/c1-6-15(7-2)18-11-16(26-24-18)12-22-19(20-5)21-10-8-9-17-13(3)23-25-14(17)4;/h11,15H,6-10,12H2,1-5H3,(H2,20,21,22);1H. The first-order valence-corrected chi connectivity index (χ1v) is 9.40. The lowest BCUT2D eigenvalue weighted by Gasteiger charge is -2.10. The summed E-state index contributed by atoms with van der Waals surface area (Å²) in [6.45, 7) is 9.67. The Morgan fingerprint density at radius 2 is 1.89 bits per heavy atom. The molecule has 0 fully saturated rings. The summed E-state index contributed by atoms with van der Waals surface area (Å²) in [6.07, 6.45) is 4.06. The first-order chi connectivity index (χ1) is 12.6. The molecule has 0 amide bonds. The Hall–Kier alpha value is -1.58. The molecule has 0 saturated carbocycles. The fraction of sp³-hybridized carbons (Fsp3) is 0.632. The summed E-state index contributed by atoms with van der Waals surface area (Å²) >= 11 is 0. The lowest BCUT2D eigenvalue weighted by atomic mass is 9.99. The van der Waals surface area contributed by atoms with Crippen LogP contribution in [0.3, 0.4) is 0 Å². The topological polar surface area (TPSA) is 88.5 Å². The average Bonchev–Trinajstić information content (AvgIpc) is 3.23. The predicted molar refractivity (Wildman–Crippen MR) is 118 cm³/mol. The van der Waals surface area contributed by atoms with E-state index in [1.807, 2.05) is 19.9 Å². The van der Waals surface area contributed by atoms with Crippen LogP contribution in [0, 0.1) is 13.8 Å². The van der Waals surface area contributed by atoms with Gasteiger partial charge in [-0.1, -0.05) is 24.2 Å². The maximum absolute atomic E-state index is 5.43. The van der Waals surface area contributed by atoms with E-state index < -0.39 is 0 Å². The Labute approximate surface area is 178 Å². The van der Waals surface area contributed by atoms with Crippen LogP contribution >= 0.6 is 24.0 Å². The summed E-state index contributed by atoms with van der Waals surface area (Å²) in [5, 5.41) is 14.8. The van der Waals surface area contributed by atoms with Crippen molar-refractivity contribution in [3.05, 3.63) is 34.5 Å². The molecule has 2 aromatic rings. The summed E-state index contributed by atoms with van der Waals surface area (Å²) in [5.74, 6) is 2.95. The highest BCUT2D eigenvalue weighted by molar-refractivity contribution is 14.0. The highest BCUT2D eigenvalue weighted by atomic mass is 127. The smallest absolute Gasteiger partial charge is 0.191 e. The molecular formula is C19H32IN5O2. The molecule has 0 bridgehead atoms. The van der Waals surface area contributed by atoms with Gasteiger partial charge in [0.05, 0.1) is 17.9 Å². The van der Waals surface area contributed by atoms with Gasteiger partial charge in [0.2, 0.25) is 0 Å². The number of aliphatic imine (C=N–C) groups is 1. The van der Waals surface area contributed by atoms with Crippen LogP contribution < -0.4 is 10.6 Å². The van der Waals surface area contributed by atoms with Gasteiger partial charge in [-0.05, 0) is 39.5 Å². The first-order valence-electron chi connectivity index (χ1n) is 9.40. The van der Waals surface area contributed by atoms with Crippen molar-refractivity contribution >= 4 is 29.9 Å². The van der Waals surface area contributed by atoms with E-state index >= 15 is 0 Å². The van der Waals surface area contributed by atoms with E-state index in [4.69, 9.17) is 9.05 Å². The molecule has 2 rings (SSSR count). The molecule has 0 aliphatic rings. The zero-order chi connectivity index (χ0) is 18.9. The molecule has 27 heavy (non-hydrogen) atoms. The average molecular weight is 489 g/mol. The molecule has 0 aromatic carbocycles. The third kappa shape index (κ3) is 6.82. The number of nitrogens with one attached hydrogen (secondary N) is 2. The molecule has 0 saturated heterocycles. The van der Waals surface area contributed by atoms with Gasteiger partial charge in [0, 0.05) is 31.1 Å². The second kappa shape index (κ2) is 12.0. The van der Waals surface area contributed by atoms with Crippen molar-refractivity contribution in [2.45, 2.75) is 65.8 Å². The molecule has 2 heterocycles. The molecule has 7 nitrogen and oxygen atoms in total. The minimum atomic E-state index is 0. The first kappa shape index (κ1) is 23.5. The second-order valence-corrected chi connectivity index (χ2v) is 6.49. The molecule has 0 aliphatic carbocycles. The van der Waals surface area contributed by atoms with Gasteiger partial charge in [-0.2, -0.15) is 0 Å². The van der Waals surface area contributed by atoms with Crippen molar-refractivity contribution in [1.82, 2.24) is 20.9 Å². The largest absolute Gasteiger partial charge is 0.361 e.